The summed E-state index contributed by atoms with van der Waals surface area (Å²) in [5.74, 6) is -1.89. The molecule has 1 amide bonds. The summed E-state index contributed by atoms with van der Waals surface area (Å²) in [6, 6.07) is 9.60. The molecule has 0 radical (unpaired) electrons. The molecule has 7 N–H and O–H groups in total. The number of anilines is 1. The molecule has 1 aliphatic heterocycles. The minimum atomic E-state index is -2.94. The largest absolute Gasteiger partial charge is 0.858 e. The molecule has 2 aromatic carbocycles. The Morgan fingerprint density at radius 2 is 1.95 bits per heavy atom. The van der Waals surface area contributed by atoms with Crippen molar-refractivity contribution >= 4 is 23.6 Å². The molecule has 0 spiro atoms. The van der Waals surface area contributed by atoms with Crippen molar-refractivity contribution in [3.63, 3.8) is 0 Å². The summed E-state index contributed by atoms with van der Waals surface area (Å²) in [5.41, 5.74) is 14.7. The summed E-state index contributed by atoms with van der Waals surface area (Å²) in [5, 5.41) is 25.4. The summed E-state index contributed by atoms with van der Waals surface area (Å²) < 4.78 is 51.0. The standard InChI is InChI=1S/C31H32F3N5O5/c1-30(29(37)41)14-44-26-20(30)12-23(39-25(26)15-3-7-19(32)8-4-15)31(42,18-5-6-18)13-38-28(40)17-9-16(10-21(35)27(33)34)24(36)22(11-17)43-2/h3-4,7-12,18,27,42H,5-6,13-14,35-36H2,1-2H3,(H2,37,41)(H,38,40)/p-1/b21-10-/t30-,31+/m0/s1. The van der Waals surface area contributed by atoms with Gasteiger partial charge in [0, 0.05) is 16.7 Å². The first-order chi connectivity index (χ1) is 20.8. The molecule has 0 bridgehead atoms. The molecule has 10 nitrogen and oxygen atoms in total. The SMILES string of the molecule is COc1cc(C([O-])=NC[C@](O)(c2cc3c(c(-c4ccc(F)cc4)n2)OC[C@]3(C)C(N)=O)C2CC2)cc(/C=C(\N)C(F)F)c1N. The second-order valence-electron chi connectivity index (χ2n) is 11.2. The van der Waals surface area contributed by atoms with Gasteiger partial charge >= 0.3 is 0 Å². The highest BCUT2D eigenvalue weighted by Crippen LogP contribution is 2.50. The highest BCUT2D eigenvalue weighted by Gasteiger charge is 2.49. The Bertz CT molecular complexity index is 1680. The van der Waals surface area contributed by atoms with Crippen LogP contribution in [0.3, 0.4) is 0 Å². The van der Waals surface area contributed by atoms with Gasteiger partial charge in [0.05, 0.1) is 30.7 Å². The van der Waals surface area contributed by atoms with Crippen molar-refractivity contribution in [1.82, 2.24) is 4.98 Å². The zero-order valence-electron chi connectivity index (χ0n) is 23.9. The Labute approximate surface area is 251 Å². The number of alkyl halides is 2. The normalized spacial score (nSPS) is 19.8. The Balaban J connectivity index is 1.60. The molecule has 1 aliphatic carbocycles. The van der Waals surface area contributed by atoms with Gasteiger partial charge < -0.3 is 36.9 Å². The summed E-state index contributed by atoms with van der Waals surface area (Å²) in [6.45, 7) is 1.13. The second-order valence-corrected chi connectivity index (χ2v) is 11.2. The molecule has 1 saturated carbocycles. The van der Waals surface area contributed by atoms with Crippen LogP contribution in [-0.2, 0) is 15.8 Å². The maximum absolute atomic E-state index is 13.7. The molecule has 1 fully saturated rings. The summed E-state index contributed by atoms with van der Waals surface area (Å²) in [6.07, 6.45) is -0.763. The van der Waals surface area contributed by atoms with Crippen molar-refractivity contribution in [2.75, 3.05) is 26.0 Å². The number of nitrogen functional groups attached to an aromatic ring is 1. The number of primary amides is 1. The van der Waals surface area contributed by atoms with Gasteiger partial charge in [-0.05, 0) is 85.7 Å². The van der Waals surface area contributed by atoms with E-state index in [1.807, 2.05) is 0 Å². The number of carbonyl (C=O) groups excluding carboxylic acids is 1. The number of aliphatic imine (C=N–C) groups is 1. The third kappa shape index (κ3) is 5.50. The number of rotatable bonds is 10. The van der Waals surface area contributed by atoms with Crippen LogP contribution in [0.15, 0.2) is 53.2 Å². The van der Waals surface area contributed by atoms with E-state index in [2.05, 4.69) is 4.99 Å². The lowest BCUT2D eigenvalue weighted by Crippen LogP contribution is -2.40. The van der Waals surface area contributed by atoms with Crippen LogP contribution in [0, 0.1) is 11.7 Å². The number of aliphatic hydroxyl groups is 1. The molecule has 232 valence electrons. The lowest BCUT2D eigenvalue weighted by Gasteiger charge is -2.29. The fraction of sp³-hybridized carbons (Fsp3) is 0.323. The zero-order chi connectivity index (χ0) is 32.0. The van der Waals surface area contributed by atoms with E-state index in [0.717, 1.165) is 6.08 Å². The van der Waals surface area contributed by atoms with E-state index >= 15 is 0 Å². The lowest BCUT2D eigenvalue weighted by molar-refractivity contribution is -0.213. The third-order valence-electron chi connectivity index (χ3n) is 8.11. The van der Waals surface area contributed by atoms with Crippen molar-refractivity contribution in [3.8, 4) is 22.8 Å². The summed E-state index contributed by atoms with van der Waals surface area (Å²) >= 11 is 0. The van der Waals surface area contributed by atoms with Crippen molar-refractivity contribution in [1.29, 1.82) is 0 Å². The van der Waals surface area contributed by atoms with E-state index in [0.29, 0.717) is 24.0 Å². The molecular weight excluding hydrogens is 579 g/mol. The molecule has 5 rings (SSSR count). The molecular formula is C31H31F3N5O5-. The smallest absolute Gasteiger partial charge is 0.277 e. The molecule has 2 atom stereocenters. The Morgan fingerprint density at radius 1 is 1.27 bits per heavy atom. The number of halogens is 3. The maximum Gasteiger partial charge on any atom is 0.277 e. The molecule has 1 aromatic heterocycles. The van der Waals surface area contributed by atoms with Crippen molar-refractivity contribution < 1.29 is 37.7 Å². The first kappa shape index (κ1) is 30.7. The molecule has 2 aliphatic rings. The van der Waals surface area contributed by atoms with E-state index < -0.39 is 47.3 Å². The number of aromatic nitrogens is 1. The second kappa shape index (κ2) is 11.4. The van der Waals surface area contributed by atoms with Crippen LogP contribution in [0.1, 0.15) is 42.1 Å². The van der Waals surface area contributed by atoms with Gasteiger partial charge in [-0.15, -0.1) is 0 Å². The fourth-order valence-corrected chi connectivity index (χ4v) is 5.18. The van der Waals surface area contributed by atoms with Gasteiger partial charge in [-0.25, -0.2) is 18.2 Å². The average Bonchev–Trinajstić information content (AvgIpc) is 3.80. The highest BCUT2D eigenvalue weighted by atomic mass is 19.3. The molecule has 0 unspecified atom stereocenters. The number of methoxy groups -OCH3 is 1. The minimum absolute atomic E-state index is 0.00230. The first-order valence-corrected chi connectivity index (χ1v) is 13.7. The predicted octanol–water partition coefficient (Wildman–Crippen LogP) is 2.58. The molecule has 2 heterocycles. The van der Waals surface area contributed by atoms with Crippen molar-refractivity contribution in [2.45, 2.75) is 37.2 Å². The number of ether oxygens (including phenoxy) is 2. The summed E-state index contributed by atoms with van der Waals surface area (Å²) in [7, 11) is 1.30. The monoisotopic (exact) mass is 610 g/mol. The minimum Gasteiger partial charge on any atom is -0.858 e. The first-order valence-electron chi connectivity index (χ1n) is 13.7. The number of hydrogen-bond acceptors (Lipinski definition) is 9. The van der Waals surface area contributed by atoms with Crippen LogP contribution < -0.4 is 31.8 Å². The van der Waals surface area contributed by atoms with Crippen LogP contribution in [0.5, 0.6) is 11.5 Å². The van der Waals surface area contributed by atoms with Crippen LogP contribution in [-0.4, -0.2) is 48.6 Å². The Hall–Kier alpha value is -4.78. The molecule has 13 heteroatoms. The van der Waals surface area contributed by atoms with E-state index in [9.17, 15) is 28.2 Å². The van der Waals surface area contributed by atoms with Gasteiger partial charge in [-0.3, -0.25) is 9.79 Å². The number of nitrogens with two attached hydrogens (primary N) is 3. The zero-order valence-corrected chi connectivity index (χ0v) is 23.9. The van der Waals surface area contributed by atoms with Gasteiger partial charge in [0.1, 0.15) is 40.6 Å². The third-order valence-corrected chi connectivity index (χ3v) is 8.11. The van der Waals surface area contributed by atoms with Gasteiger partial charge in [0.2, 0.25) is 5.91 Å². The van der Waals surface area contributed by atoms with E-state index in [4.69, 9.17) is 31.7 Å². The molecule has 3 aromatic rings. The Kier molecular flexibility index (Phi) is 7.93. The fourth-order valence-electron chi connectivity index (χ4n) is 5.18. The van der Waals surface area contributed by atoms with Crippen LogP contribution in [0.2, 0.25) is 0 Å². The average molecular weight is 611 g/mol. The van der Waals surface area contributed by atoms with Gasteiger partial charge in [0.25, 0.3) is 6.43 Å². The number of carbonyl (C=O) groups is 1. The molecule has 0 saturated heterocycles. The van der Waals surface area contributed by atoms with Crippen molar-refractivity contribution in [2.24, 2.45) is 22.4 Å². The lowest BCUT2D eigenvalue weighted by atomic mass is 9.81. The maximum atomic E-state index is 13.7. The highest BCUT2D eigenvalue weighted by molar-refractivity contribution is 5.94. The number of allylic oxidation sites excluding steroid dienone is 1. The number of nitrogens with zero attached hydrogens (tertiary/aromatic N) is 2. The van der Waals surface area contributed by atoms with Crippen LogP contribution in [0.4, 0.5) is 18.9 Å². The van der Waals surface area contributed by atoms with Gasteiger partial charge in [-0.2, -0.15) is 0 Å². The van der Waals surface area contributed by atoms with Crippen molar-refractivity contribution in [3.05, 3.63) is 76.4 Å². The topological polar surface area (TPSA) is 182 Å². The van der Waals surface area contributed by atoms with E-state index in [1.54, 1.807) is 13.0 Å². The Morgan fingerprint density at radius 3 is 2.55 bits per heavy atom. The number of fused-ring (bicyclic) bond motifs is 1. The summed E-state index contributed by atoms with van der Waals surface area (Å²) in [4.78, 5) is 21.4. The quantitative estimate of drug-likeness (QED) is 0.153. The van der Waals surface area contributed by atoms with Gasteiger partial charge in [-0.1, -0.05) is 0 Å². The van der Waals surface area contributed by atoms with E-state index in [1.165, 1.54) is 43.5 Å². The van der Waals surface area contributed by atoms with Gasteiger partial charge in [0.15, 0.2) is 0 Å². The molecule has 44 heavy (non-hydrogen) atoms. The van der Waals surface area contributed by atoms with Crippen LogP contribution >= 0.6 is 0 Å². The van der Waals surface area contributed by atoms with E-state index in [-0.39, 0.29) is 52.2 Å². The number of hydrogen-bond donors (Lipinski definition) is 4. The number of pyridine rings is 1. The number of benzene rings is 2. The number of amides is 1. The predicted molar refractivity (Wildman–Crippen MR) is 155 cm³/mol. The van der Waals surface area contributed by atoms with Crippen LogP contribution in [0.25, 0.3) is 17.3 Å².